The number of carbonyl (C=O) groups is 3. The van der Waals surface area contributed by atoms with E-state index in [-0.39, 0.29) is 27.8 Å². The fourth-order valence-corrected chi connectivity index (χ4v) is 5.63. The highest BCUT2D eigenvalue weighted by atomic mass is 28.4. The van der Waals surface area contributed by atoms with Crippen LogP contribution in [0.1, 0.15) is 94.4 Å². The Labute approximate surface area is 248 Å². The second kappa shape index (κ2) is 19.0. The van der Waals surface area contributed by atoms with Crippen molar-refractivity contribution in [2.24, 2.45) is 5.73 Å². The Bertz CT molecular complexity index is 750. The predicted octanol–water partition coefficient (Wildman–Crippen LogP) is 5.07. The number of hydrogen-bond acceptors (Lipinski definition) is 6. The van der Waals surface area contributed by atoms with Crippen LogP contribution in [-0.2, 0) is 23.2 Å². The van der Waals surface area contributed by atoms with Crippen molar-refractivity contribution >= 4 is 34.4 Å². The fourth-order valence-electron chi connectivity index (χ4n) is 3.05. The lowest BCUT2D eigenvalue weighted by atomic mass is 10.2. The maximum atomic E-state index is 12.3. The molecule has 11 heteroatoms. The largest absolute Gasteiger partial charge is 0.405 e. The second-order valence-corrected chi connectivity index (χ2v) is 22.9. The van der Waals surface area contributed by atoms with Crippen LogP contribution in [0.15, 0.2) is 0 Å². The van der Waals surface area contributed by atoms with Gasteiger partial charge in [-0.25, -0.2) is 0 Å². The highest BCUT2D eigenvalue weighted by molar-refractivity contribution is 6.74. The van der Waals surface area contributed by atoms with E-state index in [0.717, 1.165) is 12.8 Å². The molecule has 2 unspecified atom stereocenters. The number of nitrogens with one attached hydrogen (secondary N) is 3. The maximum absolute atomic E-state index is 12.3. The van der Waals surface area contributed by atoms with E-state index in [9.17, 15) is 14.4 Å². The minimum absolute atomic E-state index is 0.0391. The number of amides is 3. The summed E-state index contributed by atoms with van der Waals surface area (Å²) in [5, 5.41) is 8.68. The van der Waals surface area contributed by atoms with E-state index in [4.69, 9.17) is 14.6 Å². The zero-order valence-electron chi connectivity index (χ0n) is 28.1. The molecular formula is C29H64N4O5Si2. The van der Waals surface area contributed by atoms with Crippen molar-refractivity contribution in [2.75, 3.05) is 26.2 Å². The lowest BCUT2D eigenvalue weighted by Gasteiger charge is -2.38. The van der Waals surface area contributed by atoms with Gasteiger partial charge in [-0.1, -0.05) is 54.9 Å². The van der Waals surface area contributed by atoms with Crippen LogP contribution < -0.4 is 21.7 Å². The summed E-state index contributed by atoms with van der Waals surface area (Å²) in [6.07, 6.45) is 2.64. The van der Waals surface area contributed by atoms with E-state index in [1.165, 1.54) is 0 Å². The molecule has 0 aliphatic carbocycles. The topological polar surface area (TPSA) is 132 Å². The van der Waals surface area contributed by atoms with Crippen LogP contribution in [0.3, 0.4) is 0 Å². The quantitative estimate of drug-likeness (QED) is 0.182. The first-order valence-corrected chi connectivity index (χ1v) is 20.9. The standard InChI is InChI=1S/C17H36N2O3Si.C12H28N2O2Si/c1-8-10-11-15(20)19-13-12-14(16(21)18-9-2)22-23(6,7)17(3,4)5;1-7-14-11(15)10(8-9-13)16-17(5,6)12(2,3)4/h14H,8-13H2,1-7H3,(H,18,21)(H,19,20);10H,7-9,13H2,1-6H3,(H,14,15). The predicted molar refractivity (Wildman–Crippen MR) is 172 cm³/mol. The minimum Gasteiger partial charge on any atom is -0.405 e. The van der Waals surface area contributed by atoms with E-state index in [1.54, 1.807) is 0 Å². The molecule has 3 amide bonds. The zero-order chi connectivity index (χ0) is 31.8. The number of nitrogens with two attached hydrogens (primary N) is 1. The smallest absolute Gasteiger partial charge is 0.247 e. The molecule has 0 fully saturated rings. The molecule has 238 valence electrons. The molecular weight excluding hydrogens is 541 g/mol. The molecule has 5 N–H and O–H groups in total. The normalized spacial score (nSPS) is 13.9. The van der Waals surface area contributed by atoms with Gasteiger partial charge in [-0.05, 0) is 75.9 Å². The first kappa shape index (κ1) is 40.9. The number of unbranched alkanes of at least 4 members (excludes halogenated alkanes) is 1. The summed E-state index contributed by atoms with van der Waals surface area (Å²) in [6.45, 7) is 29.5. The lowest BCUT2D eigenvalue weighted by Crippen LogP contribution is -2.49. The third kappa shape index (κ3) is 16.2. The van der Waals surface area contributed by atoms with Crippen molar-refractivity contribution in [3.63, 3.8) is 0 Å². The molecule has 0 rings (SSSR count). The SMILES string of the molecule is CCCCC(=O)NCCC(O[Si](C)(C)C(C)(C)C)C(=O)NCC.CCNC(=O)C(CCN)O[Si](C)(C)C(C)(C)C. The van der Waals surface area contributed by atoms with Gasteiger partial charge in [0.15, 0.2) is 16.6 Å². The number of hydrogen-bond donors (Lipinski definition) is 4. The fraction of sp³-hybridized carbons (Fsp3) is 0.897. The van der Waals surface area contributed by atoms with Crippen LogP contribution in [0.4, 0.5) is 0 Å². The van der Waals surface area contributed by atoms with E-state index in [1.807, 2.05) is 13.8 Å². The molecule has 0 heterocycles. The molecule has 2 atom stereocenters. The van der Waals surface area contributed by atoms with Crippen molar-refractivity contribution in [1.29, 1.82) is 0 Å². The number of carbonyl (C=O) groups excluding carboxylic acids is 3. The Morgan fingerprint density at radius 2 is 1.12 bits per heavy atom. The van der Waals surface area contributed by atoms with Gasteiger partial charge in [-0.3, -0.25) is 14.4 Å². The molecule has 0 aromatic heterocycles. The summed E-state index contributed by atoms with van der Waals surface area (Å²) >= 11 is 0. The van der Waals surface area contributed by atoms with Gasteiger partial charge in [-0.15, -0.1) is 0 Å². The number of likely N-dealkylation sites (N-methyl/N-ethyl adjacent to an activating group) is 2. The second-order valence-electron chi connectivity index (χ2n) is 13.3. The Morgan fingerprint density at radius 3 is 1.45 bits per heavy atom. The Hall–Kier alpha value is -1.28. The minimum atomic E-state index is -2.03. The lowest BCUT2D eigenvalue weighted by molar-refractivity contribution is -0.129. The van der Waals surface area contributed by atoms with E-state index >= 15 is 0 Å². The van der Waals surface area contributed by atoms with Crippen LogP contribution in [-0.4, -0.2) is 72.7 Å². The Balaban J connectivity index is 0. The molecule has 0 saturated carbocycles. The molecule has 9 nitrogen and oxygen atoms in total. The van der Waals surface area contributed by atoms with E-state index in [2.05, 4.69) is 90.6 Å². The summed E-state index contributed by atoms with van der Waals surface area (Å²) in [6, 6.07) is 0. The average molecular weight is 605 g/mol. The first-order chi connectivity index (χ1) is 18.2. The van der Waals surface area contributed by atoms with Gasteiger partial charge in [0, 0.05) is 26.1 Å². The Morgan fingerprint density at radius 1 is 0.725 bits per heavy atom. The monoisotopic (exact) mass is 604 g/mol. The van der Waals surface area contributed by atoms with E-state index < -0.39 is 28.8 Å². The summed E-state index contributed by atoms with van der Waals surface area (Å²) in [7, 11) is -3.94. The molecule has 0 spiro atoms. The van der Waals surface area contributed by atoms with Crippen molar-refractivity contribution in [2.45, 2.75) is 143 Å². The van der Waals surface area contributed by atoms with Gasteiger partial charge in [0.25, 0.3) is 0 Å². The molecule has 0 aliphatic heterocycles. The summed E-state index contributed by atoms with van der Waals surface area (Å²) in [5.74, 6) is -0.0725. The van der Waals surface area contributed by atoms with Gasteiger partial charge in [0.2, 0.25) is 17.7 Å². The third-order valence-corrected chi connectivity index (χ3v) is 16.7. The van der Waals surface area contributed by atoms with Crippen LogP contribution >= 0.6 is 0 Å². The van der Waals surface area contributed by atoms with Gasteiger partial charge in [-0.2, -0.15) is 0 Å². The van der Waals surface area contributed by atoms with Gasteiger partial charge in [0.05, 0.1) is 0 Å². The Kier molecular flexibility index (Phi) is 19.4. The van der Waals surface area contributed by atoms with Crippen molar-refractivity contribution in [3.8, 4) is 0 Å². The van der Waals surface area contributed by atoms with Gasteiger partial charge in [0.1, 0.15) is 12.2 Å². The third-order valence-electron chi connectivity index (χ3n) is 7.69. The molecule has 40 heavy (non-hydrogen) atoms. The molecule has 0 aromatic rings. The number of rotatable bonds is 16. The summed E-state index contributed by atoms with van der Waals surface area (Å²) in [5.41, 5.74) is 5.55. The molecule has 0 aliphatic rings. The van der Waals surface area contributed by atoms with Gasteiger partial charge < -0.3 is 30.5 Å². The maximum Gasteiger partial charge on any atom is 0.247 e. The van der Waals surface area contributed by atoms with Crippen molar-refractivity contribution in [3.05, 3.63) is 0 Å². The highest BCUT2D eigenvalue weighted by Crippen LogP contribution is 2.38. The van der Waals surface area contributed by atoms with Crippen molar-refractivity contribution < 1.29 is 23.2 Å². The molecule has 0 radical (unpaired) electrons. The highest BCUT2D eigenvalue weighted by Gasteiger charge is 2.41. The average Bonchev–Trinajstić information content (AvgIpc) is 2.81. The summed E-state index contributed by atoms with van der Waals surface area (Å²) in [4.78, 5) is 35.8. The van der Waals surface area contributed by atoms with Crippen LogP contribution in [0.25, 0.3) is 0 Å². The van der Waals surface area contributed by atoms with Crippen LogP contribution in [0.2, 0.25) is 36.3 Å². The van der Waals surface area contributed by atoms with E-state index in [0.29, 0.717) is 45.4 Å². The van der Waals surface area contributed by atoms with Crippen molar-refractivity contribution in [1.82, 2.24) is 16.0 Å². The van der Waals surface area contributed by atoms with Crippen LogP contribution in [0, 0.1) is 0 Å². The van der Waals surface area contributed by atoms with Gasteiger partial charge >= 0.3 is 0 Å². The molecule has 0 saturated heterocycles. The molecule has 0 aromatic carbocycles. The first-order valence-electron chi connectivity index (χ1n) is 15.1. The van der Waals surface area contributed by atoms with Crippen LogP contribution in [0.5, 0.6) is 0 Å². The summed E-state index contributed by atoms with van der Waals surface area (Å²) < 4.78 is 12.4. The molecule has 0 bridgehead atoms. The zero-order valence-corrected chi connectivity index (χ0v) is 30.1.